The Morgan fingerprint density at radius 3 is 2.76 bits per heavy atom. The molecule has 1 N–H and O–H groups in total. The van der Waals surface area contributed by atoms with E-state index in [0.29, 0.717) is 6.10 Å². The monoisotopic (exact) mass is 289 g/mol. The Morgan fingerprint density at radius 2 is 2.05 bits per heavy atom. The molecule has 3 heteroatoms. The van der Waals surface area contributed by atoms with Gasteiger partial charge in [0, 0.05) is 12.2 Å². The largest absolute Gasteiger partial charge is 0.496 e. The number of methoxy groups -OCH3 is 1. The fourth-order valence-corrected chi connectivity index (χ4v) is 3.82. The lowest BCUT2D eigenvalue weighted by atomic mass is 9.83. The van der Waals surface area contributed by atoms with Crippen molar-refractivity contribution in [2.24, 2.45) is 0 Å². The number of rotatable bonds is 4. The summed E-state index contributed by atoms with van der Waals surface area (Å²) in [6.07, 6.45) is 9.43. The van der Waals surface area contributed by atoms with Crippen LogP contribution in [-0.2, 0) is 4.74 Å². The maximum Gasteiger partial charge on any atom is 0.121 e. The van der Waals surface area contributed by atoms with Gasteiger partial charge in [-0.15, -0.1) is 0 Å². The summed E-state index contributed by atoms with van der Waals surface area (Å²) in [5.74, 6) is 0.943. The van der Waals surface area contributed by atoms with E-state index in [9.17, 15) is 0 Å². The van der Waals surface area contributed by atoms with Gasteiger partial charge in [0.1, 0.15) is 5.75 Å². The van der Waals surface area contributed by atoms with Gasteiger partial charge in [-0.3, -0.25) is 0 Å². The second-order valence-corrected chi connectivity index (χ2v) is 6.59. The summed E-state index contributed by atoms with van der Waals surface area (Å²) < 4.78 is 11.7. The summed E-state index contributed by atoms with van der Waals surface area (Å²) in [5.41, 5.74) is 2.54. The molecule has 0 aromatic heterocycles. The lowest BCUT2D eigenvalue weighted by Gasteiger charge is -2.33. The molecule has 0 bridgehead atoms. The number of nitrogens with one attached hydrogen (secondary N) is 1. The van der Waals surface area contributed by atoms with E-state index >= 15 is 0 Å². The number of hydrogen-bond acceptors (Lipinski definition) is 3. The average Bonchev–Trinajstić information content (AvgIpc) is 2.89. The molecule has 21 heavy (non-hydrogen) atoms. The first kappa shape index (κ1) is 14.7. The van der Waals surface area contributed by atoms with Crippen LogP contribution in [0.4, 0.5) is 5.69 Å². The number of benzene rings is 1. The Labute approximate surface area is 128 Å². The third-order valence-corrected chi connectivity index (χ3v) is 5.03. The molecule has 1 aromatic carbocycles. The first-order chi connectivity index (χ1) is 10.2. The highest BCUT2D eigenvalue weighted by Gasteiger charge is 2.40. The fourth-order valence-electron chi connectivity index (χ4n) is 3.82. The smallest absolute Gasteiger partial charge is 0.121 e. The molecule has 3 rings (SSSR count). The predicted octanol–water partition coefficient (Wildman–Crippen LogP) is 4.30. The van der Waals surface area contributed by atoms with E-state index in [4.69, 9.17) is 9.47 Å². The molecule has 1 aliphatic carbocycles. The first-order valence-electron chi connectivity index (χ1n) is 8.27. The summed E-state index contributed by atoms with van der Waals surface area (Å²) in [6, 6.07) is 6.25. The summed E-state index contributed by atoms with van der Waals surface area (Å²) in [6.45, 7) is 2.99. The van der Waals surface area contributed by atoms with Crippen LogP contribution in [0.5, 0.6) is 5.75 Å². The van der Waals surface area contributed by atoms with E-state index in [1.807, 2.05) is 6.07 Å². The Kier molecular flexibility index (Phi) is 4.39. The highest BCUT2D eigenvalue weighted by molar-refractivity contribution is 5.50. The quantitative estimate of drug-likeness (QED) is 0.896. The topological polar surface area (TPSA) is 30.5 Å². The molecule has 1 spiro atoms. The van der Waals surface area contributed by atoms with Crippen molar-refractivity contribution in [1.29, 1.82) is 0 Å². The first-order valence-corrected chi connectivity index (χ1v) is 8.27. The van der Waals surface area contributed by atoms with Crippen LogP contribution in [0, 0.1) is 6.92 Å². The van der Waals surface area contributed by atoms with E-state index in [0.717, 1.165) is 18.0 Å². The van der Waals surface area contributed by atoms with E-state index in [2.05, 4.69) is 24.4 Å². The van der Waals surface area contributed by atoms with Crippen LogP contribution in [0.3, 0.4) is 0 Å². The molecule has 2 aliphatic rings. The molecular formula is C18H27NO2. The maximum absolute atomic E-state index is 6.40. The minimum absolute atomic E-state index is 0.223. The van der Waals surface area contributed by atoms with E-state index in [1.54, 1.807) is 7.11 Å². The van der Waals surface area contributed by atoms with Gasteiger partial charge < -0.3 is 14.8 Å². The van der Waals surface area contributed by atoms with E-state index in [1.165, 1.54) is 50.5 Å². The molecule has 1 atom stereocenters. The van der Waals surface area contributed by atoms with Crippen molar-refractivity contribution in [2.75, 3.05) is 19.0 Å². The molecule has 0 radical (unpaired) electrons. The summed E-state index contributed by atoms with van der Waals surface area (Å²) in [5, 5.41) is 3.52. The summed E-state index contributed by atoms with van der Waals surface area (Å²) in [7, 11) is 1.71. The number of anilines is 1. The molecule has 0 amide bonds. The van der Waals surface area contributed by atoms with E-state index in [-0.39, 0.29) is 5.60 Å². The molecule has 1 aromatic rings. The standard InChI is InChI=1S/C18H27NO2/c1-14-12-15(6-7-17(14)20-2)19-13-16-8-11-18(21-16)9-4-3-5-10-18/h6-7,12,16,19H,3-5,8-11,13H2,1-2H3. The predicted molar refractivity (Wildman–Crippen MR) is 86.1 cm³/mol. The zero-order valence-electron chi connectivity index (χ0n) is 13.3. The van der Waals surface area contributed by atoms with Gasteiger partial charge in [-0.1, -0.05) is 19.3 Å². The Hall–Kier alpha value is -1.22. The molecule has 1 unspecified atom stereocenters. The van der Waals surface area contributed by atoms with E-state index < -0.39 is 0 Å². The van der Waals surface area contributed by atoms with Crippen LogP contribution in [0.15, 0.2) is 18.2 Å². The molecule has 1 saturated heterocycles. The van der Waals surface area contributed by atoms with Crippen molar-refractivity contribution in [3.05, 3.63) is 23.8 Å². The molecule has 1 saturated carbocycles. The van der Waals surface area contributed by atoms with Gasteiger partial charge in [0.2, 0.25) is 0 Å². The van der Waals surface area contributed by atoms with Crippen LogP contribution < -0.4 is 10.1 Å². The van der Waals surface area contributed by atoms with Gasteiger partial charge in [-0.2, -0.15) is 0 Å². The van der Waals surface area contributed by atoms with Crippen LogP contribution >= 0.6 is 0 Å². The van der Waals surface area contributed by atoms with Crippen LogP contribution in [0.1, 0.15) is 50.5 Å². The lowest BCUT2D eigenvalue weighted by molar-refractivity contribution is -0.0588. The van der Waals surface area contributed by atoms with Crippen molar-refractivity contribution in [2.45, 2.75) is 63.6 Å². The van der Waals surface area contributed by atoms with Crippen molar-refractivity contribution < 1.29 is 9.47 Å². The fraction of sp³-hybridized carbons (Fsp3) is 0.667. The minimum Gasteiger partial charge on any atom is -0.496 e. The van der Waals surface area contributed by atoms with Crippen molar-refractivity contribution in [1.82, 2.24) is 0 Å². The van der Waals surface area contributed by atoms with Gasteiger partial charge in [0.05, 0.1) is 18.8 Å². The van der Waals surface area contributed by atoms with Gasteiger partial charge >= 0.3 is 0 Å². The normalized spacial score (nSPS) is 24.2. The average molecular weight is 289 g/mol. The molecular weight excluding hydrogens is 262 g/mol. The second-order valence-electron chi connectivity index (χ2n) is 6.59. The highest BCUT2D eigenvalue weighted by atomic mass is 16.5. The van der Waals surface area contributed by atoms with Crippen LogP contribution in [-0.4, -0.2) is 25.4 Å². The lowest BCUT2D eigenvalue weighted by Crippen LogP contribution is -2.33. The second kappa shape index (κ2) is 6.27. The SMILES string of the molecule is COc1ccc(NCC2CCC3(CCCCC3)O2)cc1C. The third kappa shape index (κ3) is 3.34. The van der Waals surface area contributed by atoms with Crippen molar-refractivity contribution >= 4 is 5.69 Å². The summed E-state index contributed by atoms with van der Waals surface area (Å²) in [4.78, 5) is 0. The van der Waals surface area contributed by atoms with Crippen LogP contribution in [0.2, 0.25) is 0 Å². The highest BCUT2D eigenvalue weighted by Crippen LogP contribution is 2.41. The van der Waals surface area contributed by atoms with Gasteiger partial charge in [-0.25, -0.2) is 0 Å². The van der Waals surface area contributed by atoms with Crippen molar-refractivity contribution in [3.8, 4) is 5.75 Å². The molecule has 1 aliphatic heterocycles. The Morgan fingerprint density at radius 1 is 1.24 bits per heavy atom. The van der Waals surface area contributed by atoms with Gasteiger partial charge in [-0.05, 0) is 56.4 Å². The zero-order chi connectivity index (χ0) is 14.7. The minimum atomic E-state index is 0.223. The molecule has 1 heterocycles. The van der Waals surface area contributed by atoms with Crippen LogP contribution in [0.25, 0.3) is 0 Å². The number of hydrogen-bond donors (Lipinski definition) is 1. The van der Waals surface area contributed by atoms with Crippen molar-refractivity contribution in [3.63, 3.8) is 0 Å². The zero-order valence-corrected chi connectivity index (χ0v) is 13.3. The molecule has 116 valence electrons. The Bertz CT molecular complexity index is 480. The van der Waals surface area contributed by atoms with Gasteiger partial charge in [0.15, 0.2) is 0 Å². The summed E-state index contributed by atoms with van der Waals surface area (Å²) >= 11 is 0. The molecule has 2 fully saturated rings. The number of ether oxygens (including phenoxy) is 2. The maximum atomic E-state index is 6.40. The molecule has 3 nitrogen and oxygen atoms in total. The van der Waals surface area contributed by atoms with Gasteiger partial charge in [0.25, 0.3) is 0 Å². The Balaban J connectivity index is 1.53. The number of aryl methyl sites for hydroxylation is 1. The third-order valence-electron chi connectivity index (χ3n) is 5.03.